The molecule has 11 heteroatoms. The summed E-state index contributed by atoms with van der Waals surface area (Å²) in [6, 6.07) is 8.94. The summed E-state index contributed by atoms with van der Waals surface area (Å²) in [6.07, 6.45) is 3.28. The molecule has 3 aromatic rings. The van der Waals surface area contributed by atoms with Gasteiger partial charge in [0.15, 0.2) is 0 Å². The SMILES string of the molecule is CCCCOC(=O)C(Cc1c[nH]c2ccccc12)NC(=O)c1cc([N+](=O)[O-])cc([N+](=O)[O-])c1. The number of nitrogens with zero attached hydrogens (tertiary/aromatic N) is 2. The maximum Gasteiger partial charge on any atom is 0.328 e. The topological polar surface area (TPSA) is 157 Å². The van der Waals surface area contributed by atoms with Gasteiger partial charge in [0, 0.05) is 35.7 Å². The Labute approximate surface area is 188 Å². The number of ether oxygens (including phenoxy) is 1. The van der Waals surface area contributed by atoms with E-state index in [0.717, 1.165) is 41.1 Å². The van der Waals surface area contributed by atoms with Crippen molar-refractivity contribution in [1.29, 1.82) is 0 Å². The van der Waals surface area contributed by atoms with Crippen LogP contribution in [-0.4, -0.2) is 39.4 Å². The number of unbranched alkanes of at least 4 members (excludes halogenated alkanes) is 1. The van der Waals surface area contributed by atoms with Crippen molar-refractivity contribution >= 4 is 34.2 Å². The lowest BCUT2D eigenvalue weighted by Crippen LogP contribution is -2.43. The molecule has 33 heavy (non-hydrogen) atoms. The van der Waals surface area contributed by atoms with Crippen LogP contribution in [0, 0.1) is 20.2 Å². The first kappa shape index (κ1) is 23.4. The molecule has 1 atom stereocenters. The second kappa shape index (κ2) is 10.4. The first-order chi connectivity index (χ1) is 15.8. The van der Waals surface area contributed by atoms with Crippen LogP contribution in [0.5, 0.6) is 0 Å². The predicted octanol–water partition coefficient (Wildman–Crippen LogP) is 3.67. The molecule has 1 heterocycles. The number of aromatic nitrogens is 1. The summed E-state index contributed by atoms with van der Waals surface area (Å²) < 4.78 is 5.29. The maximum atomic E-state index is 12.9. The molecule has 0 spiro atoms. The number of H-pyrrole nitrogens is 1. The summed E-state index contributed by atoms with van der Waals surface area (Å²) >= 11 is 0. The number of nitrogens with one attached hydrogen (secondary N) is 2. The number of aromatic amines is 1. The van der Waals surface area contributed by atoms with Gasteiger partial charge in [-0.3, -0.25) is 25.0 Å². The molecule has 3 rings (SSSR count). The van der Waals surface area contributed by atoms with Gasteiger partial charge in [-0.15, -0.1) is 0 Å². The van der Waals surface area contributed by atoms with Crippen LogP contribution in [0.2, 0.25) is 0 Å². The Hall–Kier alpha value is -4.28. The number of carbonyl (C=O) groups is 2. The highest BCUT2D eigenvalue weighted by Crippen LogP contribution is 2.23. The molecule has 11 nitrogen and oxygen atoms in total. The summed E-state index contributed by atoms with van der Waals surface area (Å²) in [5.41, 5.74) is 0.0990. The summed E-state index contributed by atoms with van der Waals surface area (Å²) in [6.45, 7) is 2.12. The van der Waals surface area contributed by atoms with E-state index in [9.17, 15) is 29.8 Å². The molecule has 0 aliphatic heterocycles. The highest BCUT2D eigenvalue weighted by molar-refractivity contribution is 5.98. The van der Waals surface area contributed by atoms with Crippen LogP contribution < -0.4 is 5.32 Å². The number of rotatable bonds is 10. The summed E-state index contributed by atoms with van der Waals surface area (Å²) in [5, 5.41) is 25.7. The van der Waals surface area contributed by atoms with Gasteiger partial charge < -0.3 is 15.0 Å². The number of amides is 1. The molecule has 0 saturated heterocycles. The van der Waals surface area contributed by atoms with Crippen molar-refractivity contribution in [3.8, 4) is 0 Å². The number of esters is 1. The molecule has 1 amide bonds. The molecule has 1 aromatic heterocycles. The van der Waals surface area contributed by atoms with Gasteiger partial charge in [-0.05, 0) is 18.1 Å². The monoisotopic (exact) mass is 454 g/mol. The van der Waals surface area contributed by atoms with Crippen LogP contribution in [0.1, 0.15) is 35.7 Å². The summed E-state index contributed by atoms with van der Waals surface area (Å²) in [5.74, 6) is -1.53. The zero-order chi connectivity index (χ0) is 24.0. The van der Waals surface area contributed by atoms with Crippen LogP contribution in [-0.2, 0) is 16.0 Å². The number of carbonyl (C=O) groups excluding carboxylic acids is 2. The van der Waals surface area contributed by atoms with E-state index < -0.39 is 39.1 Å². The molecule has 172 valence electrons. The molecule has 2 aromatic carbocycles. The number of fused-ring (bicyclic) bond motifs is 1. The molecule has 0 aliphatic rings. The fraction of sp³-hybridized carbons (Fsp3) is 0.273. The van der Waals surface area contributed by atoms with Crippen LogP contribution in [0.3, 0.4) is 0 Å². The van der Waals surface area contributed by atoms with Crippen molar-refractivity contribution in [2.75, 3.05) is 6.61 Å². The Morgan fingerprint density at radius 3 is 2.39 bits per heavy atom. The van der Waals surface area contributed by atoms with E-state index in [1.54, 1.807) is 6.20 Å². The van der Waals surface area contributed by atoms with Gasteiger partial charge in [0.1, 0.15) is 6.04 Å². The molecule has 1 unspecified atom stereocenters. The van der Waals surface area contributed by atoms with Crippen molar-refractivity contribution < 1.29 is 24.2 Å². The van der Waals surface area contributed by atoms with E-state index in [0.29, 0.717) is 6.42 Å². The third kappa shape index (κ3) is 5.70. The van der Waals surface area contributed by atoms with E-state index in [1.165, 1.54) is 0 Å². The van der Waals surface area contributed by atoms with Crippen molar-refractivity contribution in [2.45, 2.75) is 32.2 Å². The highest BCUT2D eigenvalue weighted by atomic mass is 16.6. The molecular weight excluding hydrogens is 432 g/mol. The quantitative estimate of drug-likeness (QED) is 0.205. The second-order valence-electron chi connectivity index (χ2n) is 7.36. The van der Waals surface area contributed by atoms with Gasteiger partial charge in [-0.2, -0.15) is 0 Å². The average Bonchev–Trinajstić information content (AvgIpc) is 3.21. The third-order valence-corrected chi connectivity index (χ3v) is 5.02. The lowest BCUT2D eigenvalue weighted by Gasteiger charge is -2.17. The van der Waals surface area contributed by atoms with Crippen LogP contribution in [0.4, 0.5) is 11.4 Å². The summed E-state index contributed by atoms with van der Waals surface area (Å²) in [7, 11) is 0. The maximum absolute atomic E-state index is 12.9. The second-order valence-corrected chi connectivity index (χ2v) is 7.36. The van der Waals surface area contributed by atoms with Crippen molar-refractivity contribution in [2.24, 2.45) is 0 Å². The molecule has 0 saturated carbocycles. The fourth-order valence-corrected chi connectivity index (χ4v) is 3.31. The van der Waals surface area contributed by atoms with E-state index in [1.807, 2.05) is 31.2 Å². The number of hydrogen-bond acceptors (Lipinski definition) is 7. The molecule has 0 fully saturated rings. The first-order valence-corrected chi connectivity index (χ1v) is 10.3. The number of non-ortho nitro benzene ring substituents is 2. The number of benzene rings is 2. The van der Waals surface area contributed by atoms with Gasteiger partial charge in [0.2, 0.25) is 0 Å². The van der Waals surface area contributed by atoms with Crippen LogP contribution in [0.15, 0.2) is 48.7 Å². The minimum Gasteiger partial charge on any atom is -0.464 e. The van der Waals surface area contributed by atoms with E-state index >= 15 is 0 Å². The summed E-state index contributed by atoms with van der Waals surface area (Å²) in [4.78, 5) is 49.3. The van der Waals surface area contributed by atoms with Gasteiger partial charge in [-0.1, -0.05) is 31.5 Å². The Kier molecular flexibility index (Phi) is 7.34. The minimum atomic E-state index is -1.10. The molecule has 0 radical (unpaired) electrons. The van der Waals surface area contributed by atoms with Crippen molar-refractivity contribution in [3.05, 3.63) is 80.0 Å². The van der Waals surface area contributed by atoms with Gasteiger partial charge in [-0.25, -0.2) is 4.79 Å². The van der Waals surface area contributed by atoms with Gasteiger partial charge in [0.05, 0.1) is 28.1 Å². The Morgan fingerprint density at radius 2 is 1.76 bits per heavy atom. The normalized spacial score (nSPS) is 11.7. The first-order valence-electron chi connectivity index (χ1n) is 10.3. The largest absolute Gasteiger partial charge is 0.464 e. The van der Waals surface area contributed by atoms with E-state index in [4.69, 9.17) is 4.74 Å². The standard InChI is InChI=1S/C22H22N4O7/c1-2-3-8-33-22(28)20(11-15-13-23-19-7-5-4-6-18(15)19)24-21(27)14-9-16(25(29)30)12-17(10-14)26(31)32/h4-7,9-10,12-13,20,23H,2-3,8,11H2,1H3,(H,24,27). The van der Waals surface area contributed by atoms with Gasteiger partial charge >= 0.3 is 5.97 Å². The smallest absolute Gasteiger partial charge is 0.328 e. The van der Waals surface area contributed by atoms with Crippen molar-refractivity contribution in [3.63, 3.8) is 0 Å². The number of nitro groups is 2. The fourth-order valence-electron chi connectivity index (χ4n) is 3.31. The van der Waals surface area contributed by atoms with Gasteiger partial charge in [0.25, 0.3) is 17.3 Å². The molecule has 2 N–H and O–H groups in total. The third-order valence-electron chi connectivity index (χ3n) is 5.02. The van der Waals surface area contributed by atoms with Crippen LogP contribution in [0.25, 0.3) is 10.9 Å². The lowest BCUT2D eigenvalue weighted by molar-refractivity contribution is -0.394. The Bertz CT molecular complexity index is 1170. The van der Waals surface area contributed by atoms with E-state index in [-0.39, 0.29) is 18.6 Å². The number of nitro benzene ring substituents is 2. The average molecular weight is 454 g/mol. The number of para-hydroxylation sites is 1. The predicted molar refractivity (Wildman–Crippen MR) is 119 cm³/mol. The molecule has 0 bridgehead atoms. The zero-order valence-electron chi connectivity index (χ0n) is 17.8. The lowest BCUT2D eigenvalue weighted by atomic mass is 10.0. The Morgan fingerprint density at radius 1 is 1.09 bits per heavy atom. The number of hydrogen-bond donors (Lipinski definition) is 2. The highest BCUT2D eigenvalue weighted by Gasteiger charge is 2.27. The molecular formula is C22H22N4O7. The zero-order valence-corrected chi connectivity index (χ0v) is 17.8. The van der Waals surface area contributed by atoms with Crippen LogP contribution >= 0.6 is 0 Å². The van der Waals surface area contributed by atoms with Crippen molar-refractivity contribution in [1.82, 2.24) is 10.3 Å². The Balaban J connectivity index is 1.89. The molecule has 0 aliphatic carbocycles. The minimum absolute atomic E-state index is 0.0950. The van der Waals surface area contributed by atoms with E-state index in [2.05, 4.69) is 10.3 Å².